The van der Waals surface area contributed by atoms with E-state index in [1.807, 2.05) is 18.2 Å². The average molecular weight is 330 g/mol. The van der Waals surface area contributed by atoms with Crippen molar-refractivity contribution in [3.05, 3.63) is 35.9 Å². The van der Waals surface area contributed by atoms with Crippen molar-refractivity contribution in [3.63, 3.8) is 0 Å². The van der Waals surface area contributed by atoms with Crippen molar-refractivity contribution in [1.29, 1.82) is 0 Å². The molecule has 2 aliphatic heterocycles. The topological polar surface area (TPSA) is 67.4 Å². The van der Waals surface area contributed by atoms with Gasteiger partial charge in [-0.05, 0) is 37.7 Å². The van der Waals surface area contributed by atoms with Gasteiger partial charge in [0.2, 0.25) is 11.8 Å². The molecule has 2 aliphatic rings. The lowest BCUT2D eigenvalue weighted by Gasteiger charge is -2.29. The zero-order valence-electron chi connectivity index (χ0n) is 14.1. The predicted molar refractivity (Wildman–Crippen MR) is 91.5 cm³/mol. The standard InChI is InChI=1S/C19H26N2O3/c22-17(20-14-16-7-4-12-24-16)8-10-19(11-9-18(23)21-19)13-15-5-2-1-3-6-15/h1-3,5-6,16H,4,7-14H2,(H,20,22)(H,21,23). The summed E-state index contributed by atoms with van der Waals surface area (Å²) in [6, 6.07) is 10.2. The molecule has 2 N–H and O–H groups in total. The quantitative estimate of drug-likeness (QED) is 0.803. The summed E-state index contributed by atoms with van der Waals surface area (Å²) in [5, 5.41) is 6.09. The first-order valence-corrected chi connectivity index (χ1v) is 8.88. The number of hydrogen-bond donors (Lipinski definition) is 2. The molecule has 1 aromatic carbocycles. The Labute approximate surface area is 143 Å². The van der Waals surface area contributed by atoms with Gasteiger partial charge in [0.05, 0.1) is 6.10 Å². The highest BCUT2D eigenvalue weighted by Crippen LogP contribution is 2.29. The van der Waals surface area contributed by atoms with Crippen LogP contribution in [-0.4, -0.2) is 36.6 Å². The minimum absolute atomic E-state index is 0.0408. The Hall–Kier alpha value is -1.88. The Morgan fingerprint density at radius 2 is 2.17 bits per heavy atom. The molecule has 0 bridgehead atoms. The van der Waals surface area contributed by atoms with Gasteiger partial charge in [-0.2, -0.15) is 0 Å². The molecular weight excluding hydrogens is 304 g/mol. The minimum Gasteiger partial charge on any atom is -0.376 e. The smallest absolute Gasteiger partial charge is 0.220 e. The molecular formula is C19H26N2O3. The summed E-state index contributed by atoms with van der Waals surface area (Å²) in [7, 11) is 0. The van der Waals surface area contributed by atoms with Crippen molar-refractivity contribution < 1.29 is 14.3 Å². The van der Waals surface area contributed by atoms with Crippen LogP contribution in [0, 0.1) is 0 Å². The Morgan fingerprint density at radius 1 is 1.33 bits per heavy atom. The number of carbonyl (C=O) groups excluding carboxylic acids is 2. The third-order valence-electron chi connectivity index (χ3n) is 5.00. The van der Waals surface area contributed by atoms with Gasteiger partial charge in [-0.25, -0.2) is 0 Å². The molecule has 1 aromatic rings. The first kappa shape index (κ1) is 17.0. The molecule has 2 atom stereocenters. The van der Waals surface area contributed by atoms with Crippen LogP contribution in [-0.2, 0) is 20.7 Å². The van der Waals surface area contributed by atoms with Gasteiger partial charge in [0.25, 0.3) is 0 Å². The van der Waals surface area contributed by atoms with Gasteiger partial charge in [-0.15, -0.1) is 0 Å². The van der Waals surface area contributed by atoms with Crippen molar-refractivity contribution in [1.82, 2.24) is 10.6 Å². The molecule has 24 heavy (non-hydrogen) atoms. The number of hydrogen-bond acceptors (Lipinski definition) is 3. The number of rotatable bonds is 7. The van der Waals surface area contributed by atoms with E-state index in [1.165, 1.54) is 5.56 Å². The van der Waals surface area contributed by atoms with Crippen LogP contribution in [0.3, 0.4) is 0 Å². The Kier molecular flexibility index (Phi) is 5.51. The lowest BCUT2D eigenvalue weighted by molar-refractivity contribution is -0.123. The van der Waals surface area contributed by atoms with Gasteiger partial charge in [0.15, 0.2) is 0 Å². The van der Waals surface area contributed by atoms with Crippen LogP contribution in [0.15, 0.2) is 30.3 Å². The minimum atomic E-state index is -0.292. The number of amides is 2. The molecule has 0 radical (unpaired) electrons. The van der Waals surface area contributed by atoms with Crippen LogP contribution in [0.2, 0.25) is 0 Å². The summed E-state index contributed by atoms with van der Waals surface area (Å²) in [6.45, 7) is 1.39. The van der Waals surface area contributed by atoms with E-state index >= 15 is 0 Å². The molecule has 130 valence electrons. The van der Waals surface area contributed by atoms with Gasteiger partial charge in [0.1, 0.15) is 0 Å². The molecule has 0 spiro atoms. The van der Waals surface area contributed by atoms with Crippen molar-refractivity contribution in [2.75, 3.05) is 13.2 Å². The van der Waals surface area contributed by atoms with Gasteiger partial charge in [-0.3, -0.25) is 9.59 Å². The zero-order valence-corrected chi connectivity index (χ0v) is 14.1. The van der Waals surface area contributed by atoms with Crippen LogP contribution in [0.25, 0.3) is 0 Å². The van der Waals surface area contributed by atoms with E-state index in [0.29, 0.717) is 25.8 Å². The number of nitrogens with one attached hydrogen (secondary N) is 2. The van der Waals surface area contributed by atoms with Crippen LogP contribution < -0.4 is 10.6 Å². The van der Waals surface area contributed by atoms with Crippen LogP contribution in [0.5, 0.6) is 0 Å². The lowest BCUT2D eigenvalue weighted by atomic mass is 9.85. The largest absolute Gasteiger partial charge is 0.376 e. The highest BCUT2D eigenvalue weighted by molar-refractivity contribution is 5.80. The molecule has 2 amide bonds. The van der Waals surface area contributed by atoms with E-state index in [1.54, 1.807) is 0 Å². The van der Waals surface area contributed by atoms with Crippen molar-refractivity contribution in [2.24, 2.45) is 0 Å². The lowest BCUT2D eigenvalue weighted by Crippen LogP contribution is -2.44. The summed E-state index contributed by atoms with van der Waals surface area (Å²) in [5.74, 6) is 0.129. The summed E-state index contributed by atoms with van der Waals surface area (Å²) in [4.78, 5) is 23.9. The first-order valence-electron chi connectivity index (χ1n) is 8.88. The summed E-state index contributed by atoms with van der Waals surface area (Å²) in [5.41, 5.74) is 0.902. The molecule has 2 saturated heterocycles. The molecule has 0 aromatic heterocycles. The van der Waals surface area contributed by atoms with E-state index in [9.17, 15) is 9.59 Å². The number of benzene rings is 1. The van der Waals surface area contributed by atoms with Crippen LogP contribution in [0.4, 0.5) is 0 Å². The third kappa shape index (κ3) is 4.57. The number of carbonyl (C=O) groups is 2. The monoisotopic (exact) mass is 330 g/mol. The van der Waals surface area contributed by atoms with E-state index in [-0.39, 0.29) is 23.5 Å². The maximum Gasteiger partial charge on any atom is 0.220 e. The zero-order chi connectivity index (χ0) is 16.8. The Bertz CT molecular complexity index is 569. The second kappa shape index (κ2) is 7.79. The van der Waals surface area contributed by atoms with Crippen molar-refractivity contribution in [2.45, 2.75) is 56.6 Å². The Balaban J connectivity index is 1.52. The van der Waals surface area contributed by atoms with E-state index in [2.05, 4.69) is 22.8 Å². The van der Waals surface area contributed by atoms with Gasteiger partial charge in [0, 0.05) is 31.5 Å². The molecule has 5 heteroatoms. The maximum atomic E-state index is 12.2. The van der Waals surface area contributed by atoms with Gasteiger partial charge >= 0.3 is 0 Å². The second-order valence-corrected chi connectivity index (χ2v) is 6.93. The van der Waals surface area contributed by atoms with E-state index in [4.69, 9.17) is 4.74 Å². The predicted octanol–water partition coefficient (Wildman–Crippen LogP) is 1.95. The van der Waals surface area contributed by atoms with E-state index < -0.39 is 0 Å². The molecule has 5 nitrogen and oxygen atoms in total. The normalized spacial score (nSPS) is 26.3. The fourth-order valence-electron chi connectivity index (χ4n) is 3.64. The highest BCUT2D eigenvalue weighted by atomic mass is 16.5. The SMILES string of the molecule is O=C(CCC1(Cc2ccccc2)CCC(=O)N1)NCC1CCCO1. The van der Waals surface area contributed by atoms with E-state index in [0.717, 1.165) is 32.3 Å². The average Bonchev–Trinajstić information content (AvgIpc) is 3.22. The van der Waals surface area contributed by atoms with Crippen molar-refractivity contribution >= 4 is 11.8 Å². The first-order chi connectivity index (χ1) is 11.7. The second-order valence-electron chi connectivity index (χ2n) is 6.93. The molecule has 3 rings (SSSR count). The van der Waals surface area contributed by atoms with Crippen molar-refractivity contribution in [3.8, 4) is 0 Å². The molecule has 2 unspecified atom stereocenters. The summed E-state index contributed by atoms with van der Waals surface area (Å²) in [6.07, 6.45) is 5.48. The van der Waals surface area contributed by atoms with Crippen LogP contribution >= 0.6 is 0 Å². The molecule has 2 fully saturated rings. The van der Waals surface area contributed by atoms with Gasteiger partial charge in [-0.1, -0.05) is 30.3 Å². The fraction of sp³-hybridized carbons (Fsp3) is 0.579. The fourth-order valence-corrected chi connectivity index (χ4v) is 3.64. The maximum absolute atomic E-state index is 12.2. The van der Waals surface area contributed by atoms with Crippen LogP contribution in [0.1, 0.15) is 44.1 Å². The molecule has 2 heterocycles. The summed E-state index contributed by atoms with van der Waals surface area (Å²) >= 11 is 0. The third-order valence-corrected chi connectivity index (χ3v) is 5.00. The van der Waals surface area contributed by atoms with Gasteiger partial charge < -0.3 is 15.4 Å². The highest BCUT2D eigenvalue weighted by Gasteiger charge is 2.37. The molecule has 0 saturated carbocycles. The Morgan fingerprint density at radius 3 is 2.83 bits per heavy atom. The number of ether oxygens (including phenoxy) is 1. The summed E-state index contributed by atoms with van der Waals surface area (Å²) < 4.78 is 5.52. The molecule has 0 aliphatic carbocycles.